The highest BCUT2D eigenvalue weighted by atomic mass is 15.3. The number of fused-ring (bicyclic) bond motifs is 3. The zero-order chi connectivity index (χ0) is 18.4. The average molecular weight is 360 g/mol. The van der Waals surface area contributed by atoms with E-state index in [4.69, 9.17) is 5.73 Å². The smallest absolute Gasteiger partial charge is 0.161 e. The number of hydrogen-bond donors (Lipinski definition) is 2. The van der Waals surface area contributed by atoms with Crippen LogP contribution in [0, 0.1) is 5.92 Å². The summed E-state index contributed by atoms with van der Waals surface area (Å²) in [4.78, 5) is 11.3. The summed E-state index contributed by atoms with van der Waals surface area (Å²) in [5.74, 6) is 1.24. The Kier molecular flexibility index (Phi) is 3.86. The van der Waals surface area contributed by atoms with Gasteiger partial charge in [0.05, 0.1) is 16.9 Å². The number of hydrogen-bond acceptors (Lipinski definition) is 4. The number of rotatable bonds is 3. The number of nitrogens with one attached hydrogen (secondary N) is 1. The van der Waals surface area contributed by atoms with Gasteiger partial charge < -0.3 is 5.73 Å². The standard InChI is InChI=1S/C21H24N6/c1-14-8-10-26(12-15-5-3-2-4-6-15)13-18(14)27-19-16-7-9-23-21(16)24-11-17(19)20(22)25-27/h2-7,9,11,14,18,25H,8,10,12-13,22H2,1H3/t14-,18+/m1/s1. The molecule has 1 aliphatic heterocycles. The molecule has 1 saturated heterocycles. The van der Waals surface area contributed by atoms with E-state index in [2.05, 4.69) is 61.9 Å². The summed E-state index contributed by atoms with van der Waals surface area (Å²) in [7, 11) is 0. The van der Waals surface area contributed by atoms with E-state index < -0.39 is 0 Å². The molecule has 6 heteroatoms. The summed E-state index contributed by atoms with van der Waals surface area (Å²) in [5, 5.41) is 5.46. The first-order valence-corrected chi connectivity index (χ1v) is 9.56. The molecule has 3 aromatic heterocycles. The number of benzene rings is 1. The van der Waals surface area contributed by atoms with E-state index in [0.717, 1.165) is 41.6 Å². The number of pyridine rings is 1. The molecule has 138 valence electrons. The van der Waals surface area contributed by atoms with Gasteiger partial charge in [-0.1, -0.05) is 37.3 Å². The SMILES string of the molecule is C[C@@H]1CCN(Cc2ccccc2)C[C@@H]1n1[nH]c(N)c2cnc3nccc3c21. The number of H-pyrrole nitrogens is 1. The number of anilines is 1. The maximum Gasteiger partial charge on any atom is 0.161 e. The van der Waals surface area contributed by atoms with E-state index in [0.29, 0.717) is 17.8 Å². The lowest BCUT2D eigenvalue weighted by Crippen LogP contribution is -2.40. The highest BCUT2D eigenvalue weighted by Gasteiger charge is 2.30. The minimum atomic E-state index is 0.336. The number of nitrogens with zero attached hydrogens (tertiary/aromatic N) is 4. The third kappa shape index (κ3) is 2.77. The fraction of sp³-hybridized carbons (Fsp3) is 0.333. The van der Waals surface area contributed by atoms with Gasteiger partial charge in [0, 0.05) is 30.9 Å². The van der Waals surface area contributed by atoms with Crippen LogP contribution in [0.3, 0.4) is 0 Å². The van der Waals surface area contributed by atoms with Gasteiger partial charge in [0.25, 0.3) is 0 Å². The van der Waals surface area contributed by atoms with E-state index in [1.165, 1.54) is 12.0 Å². The zero-order valence-electron chi connectivity index (χ0n) is 15.5. The van der Waals surface area contributed by atoms with E-state index in [-0.39, 0.29) is 0 Å². The van der Waals surface area contributed by atoms with Crippen LogP contribution in [0.2, 0.25) is 0 Å². The molecule has 27 heavy (non-hydrogen) atoms. The molecule has 4 aromatic rings. The number of nitrogen functional groups attached to an aromatic ring is 1. The molecule has 0 amide bonds. The number of likely N-dealkylation sites (tertiary alicyclic amines) is 1. The van der Waals surface area contributed by atoms with Crippen LogP contribution in [0.1, 0.15) is 24.9 Å². The Bertz CT molecular complexity index is 1080. The van der Waals surface area contributed by atoms with Gasteiger partial charge in [-0.3, -0.25) is 14.7 Å². The van der Waals surface area contributed by atoms with Crippen molar-refractivity contribution in [2.45, 2.75) is 25.9 Å². The molecule has 0 aliphatic carbocycles. The Morgan fingerprint density at radius 1 is 1.15 bits per heavy atom. The summed E-state index contributed by atoms with van der Waals surface area (Å²) in [6.07, 6.45) is 4.82. The number of nitrogens with two attached hydrogens (primary N) is 1. The van der Waals surface area contributed by atoms with Crippen LogP contribution >= 0.6 is 0 Å². The van der Waals surface area contributed by atoms with Gasteiger partial charge in [-0.2, -0.15) is 0 Å². The van der Waals surface area contributed by atoms with Crippen molar-refractivity contribution in [2.24, 2.45) is 5.92 Å². The quantitative estimate of drug-likeness (QED) is 0.585. The highest BCUT2D eigenvalue weighted by molar-refractivity contribution is 6.06. The van der Waals surface area contributed by atoms with Gasteiger partial charge in [-0.15, -0.1) is 0 Å². The van der Waals surface area contributed by atoms with Crippen molar-refractivity contribution >= 4 is 27.8 Å². The van der Waals surface area contributed by atoms with Crippen LogP contribution in [-0.4, -0.2) is 37.7 Å². The molecule has 0 unspecified atom stereocenters. The lowest BCUT2D eigenvalue weighted by Gasteiger charge is -2.38. The Hall–Kier alpha value is -2.86. The minimum absolute atomic E-state index is 0.336. The second-order valence-electron chi connectivity index (χ2n) is 7.65. The molecular formula is C21H24N6. The van der Waals surface area contributed by atoms with Crippen molar-refractivity contribution in [1.82, 2.24) is 24.6 Å². The van der Waals surface area contributed by atoms with Crippen LogP contribution in [-0.2, 0) is 6.54 Å². The monoisotopic (exact) mass is 360 g/mol. The molecule has 0 spiro atoms. The average Bonchev–Trinajstić information content (AvgIpc) is 3.28. The van der Waals surface area contributed by atoms with Gasteiger partial charge in [-0.05, 0) is 30.5 Å². The topological polar surface area (TPSA) is 75.8 Å². The predicted molar refractivity (Wildman–Crippen MR) is 108 cm³/mol. The predicted octanol–water partition coefficient (Wildman–Crippen LogP) is 3.58. The zero-order valence-corrected chi connectivity index (χ0v) is 15.5. The first-order valence-electron chi connectivity index (χ1n) is 9.56. The molecule has 1 aromatic carbocycles. The lowest BCUT2D eigenvalue weighted by atomic mass is 9.93. The fourth-order valence-corrected chi connectivity index (χ4v) is 4.33. The highest BCUT2D eigenvalue weighted by Crippen LogP contribution is 2.35. The third-order valence-corrected chi connectivity index (χ3v) is 5.86. The normalized spacial score (nSPS) is 21.2. The van der Waals surface area contributed by atoms with Crippen molar-refractivity contribution in [3.63, 3.8) is 0 Å². The van der Waals surface area contributed by atoms with Crippen LogP contribution in [0.5, 0.6) is 0 Å². The maximum atomic E-state index is 6.30. The minimum Gasteiger partial charge on any atom is -0.384 e. The van der Waals surface area contributed by atoms with Crippen LogP contribution in [0.4, 0.5) is 5.82 Å². The Morgan fingerprint density at radius 3 is 2.85 bits per heavy atom. The van der Waals surface area contributed by atoms with E-state index >= 15 is 0 Å². The Labute approximate surface area is 158 Å². The first-order chi connectivity index (χ1) is 13.2. The fourth-order valence-electron chi connectivity index (χ4n) is 4.33. The second kappa shape index (κ2) is 6.39. The van der Waals surface area contributed by atoms with Crippen molar-refractivity contribution in [3.8, 4) is 0 Å². The third-order valence-electron chi connectivity index (χ3n) is 5.86. The molecule has 1 aliphatic rings. The molecule has 4 heterocycles. The lowest BCUT2D eigenvalue weighted by molar-refractivity contribution is 0.122. The van der Waals surface area contributed by atoms with Gasteiger partial charge in [0.15, 0.2) is 5.65 Å². The molecule has 6 nitrogen and oxygen atoms in total. The summed E-state index contributed by atoms with van der Waals surface area (Å²) >= 11 is 0. The molecule has 0 bridgehead atoms. The molecule has 0 radical (unpaired) electrons. The summed E-state index contributed by atoms with van der Waals surface area (Å²) < 4.78 is 2.26. The number of aromatic nitrogens is 4. The Morgan fingerprint density at radius 2 is 2.00 bits per heavy atom. The molecule has 0 saturated carbocycles. The number of aromatic amines is 1. The molecule has 1 fully saturated rings. The molecular weight excluding hydrogens is 336 g/mol. The van der Waals surface area contributed by atoms with Gasteiger partial charge >= 0.3 is 0 Å². The van der Waals surface area contributed by atoms with Crippen molar-refractivity contribution < 1.29 is 0 Å². The summed E-state index contributed by atoms with van der Waals surface area (Å²) in [6, 6.07) is 13.1. The van der Waals surface area contributed by atoms with Gasteiger partial charge in [-0.25, -0.2) is 9.97 Å². The summed E-state index contributed by atoms with van der Waals surface area (Å²) in [6.45, 7) is 5.43. The van der Waals surface area contributed by atoms with Crippen molar-refractivity contribution in [3.05, 3.63) is 54.4 Å². The Balaban J connectivity index is 1.53. The summed E-state index contributed by atoms with van der Waals surface area (Å²) in [5.41, 5.74) is 9.55. The maximum absolute atomic E-state index is 6.30. The first kappa shape index (κ1) is 16.3. The van der Waals surface area contributed by atoms with Crippen LogP contribution in [0.15, 0.2) is 48.8 Å². The van der Waals surface area contributed by atoms with Gasteiger partial charge in [0.1, 0.15) is 5.82 Å². The van der Waals surface area contributed by atoms with Gasteiger partial charge in [0.2, 0.25) is 0 Å². The molecule has 5 rings (SSSR count). The van der Waals surface area contributed by atoms with E-state index in [1.54, 1.807) is 0 Å². The van der Waals surface area contributed by atoms with Crippen molar-refractivity contribution in [1.29, 1.82) is 0 Å². The number of piperidine rings is 1. The second-order valence-corrected chi connectivity index (χ2v) is 7.65. The van der Waals surface area contributed by atoms with Crippen molar-refractivity contribution in [2.75, 3.05) is 18.8 Å². The molecule has 3 N–H and O–H groups in total. The van der Waals surface area contributed by atoms with E-state index in [9.17, 15) is 0 Å². The van der Waals surface area contributed by atoms with E-state index in [1.807, 2.05) is 18.5 Å². The van der Waals surface area contributed by atoms with Crippen LogP contribution < -0.4 is 5.73 Å². The van der Waals surface area contributed by atoms with Crippen LogP contribution in [0.25, 0.3) is 21.9 Å². The molecule has 2 atom stereocenters. The largest absolute Gasteiger partial charge is 0.384 e.